The first-order chi connectivity index (χ1) is 11.1. The van der Waals surface area contributed by atoms with E-state index in [1.807, 2.05) is 12.3 Å². The van der Waals surface area contributed by atoms with Gasteiger partial charge in [-0.15, -0.1) is 0 Å². The molecule has 1 N–H and O–H groups in total. The van der Waals surface area contributed by atoms with E-state index in [1.165, 1.54) is 6.07 Å². The fraction of sp³-hybridized carbons (Fsp3) is 0.412. The minimum Gasteiger partial charge on any atom is -0.477 e. The van der Waals surface area contributed by atoms with Crippen LogP contribution in [0.4, 0.5) is 0 Å². The summed E-state index contributed by atoms with van der Waals surface area (Å²) >= 11 is 0. The summed E-state index contributed by atoms with van der Waals surface area (Å²) in [4.78, 5) is 26.0. The molecule has 6 heteroatoms. The largest absolute Gasteiger partial charge is 0.477 e. The van der Waals surface area contributed by atoms with Crippen LogP contribution >= 0.6 is 0 Å². The second-order valence-corrected chi connectivity index (χ2v) is 5.96. The van der Waals surface area contributed by atoms with E-state index in [1.54, 1.807) is 12.4 Å². The molecule has 0 saturated carbocycles. The number of carbonyl (C=O) groups is 1. The molecular formula is C17H20N4O2. The van der Waals surface area contributed by atoms with Gasteiger partial charge in [-0.3, -0.25) is 4.90 Å². The Balaban J connectivity index is 1.60. The molecule has 120 valence electrons. The average Bonchev–Trinajstić information content (AvgIpc) is 2.56. The maximum atomic E-state index is 11.0. The Labute approximate surface area is 135 Å². The van der Waals surface area contributed by atoms with Gasteiger partial charge >= 0.3 is 5.97 Å². The van der Waals surface area contributed by atoms with Crippen LogP contribution in [0.1, 0.15) is 46.2 Å². The lowest BCUT2D eigenvalue weighted by atomic mass is 9.91. The number of pyridine rings is 1. The summed E-state index contributed by atoms with van der Waals surface area (Å²) in [5.41, 5.74) is 3.22. The maximum absolute atomic E-state index is 11.0. The summed E-state index contributed by atoms with van der Waals surface area (Å²) in [6, 6.07) is 5.16. The van der Waals surface area contributed by atoms with Crippen LogP contribution in [0.3, 0.4) is 0 Å². The van der Waals surface area contributed by atoms with E-state index >= 15 is 0 Å². The van der Waals surface area contributed by atoms with Crippen LogP contribution < -0.4 is 0 Å². The number of hydrogen-bond donors (Lipinski definition) is 1. The number of carboxylic acids is 1. The van der Waals surface area contributed by atoms with Crippen LogP contribution in [-0.4, -0.2) is 44.0 Å². The molecule has 3 heterocycles. The van der Waals surface area contributed by atoms with E-state index in [-0.39, 0.29) is 5.69 Å². The molecule has 23 heavy (non-hydrogen) atoms. The fourth-order valence-electron chi connectivity index (χ4n) is 3.12. The monoisotopic (exact) mass is 312 g/mol. The zero-order chi connectivity index (χ0) is 16.2. The SMILES string of the molecule is Cc1cncnc1C1CCN(Cc2cccc(C(=O)O)n2)CC1. The molecule has 2 aromatic heterocycles. The summed E-state index contributed by atoms with van der Waals surface area (Å²) in [6.45, 7) is 4.68. The van der Waals surface area contributed by atoms with Crippen LogP contribution in [0.25, 0.3) is 0 Å². The van der Waals surface area contributed by atoms with Gasteiger partial charge in [-0.05, 0) is 50.6 Å². The highest BCUT2D eigenvalue weighted by molar-refractivity contribution is 5.85. The minimum atomic E-state index is -0.982. The highest BCUT2D eigenvalue weighted by Crippen LogP contribution is 2.28. The van der Waals surface area contributed by atoms with Gasteiger partial charge in [0.1, 0.15) is 12.0 Å². The molecule has 6 nitrogen and oxygen atoms in total. The molecule has 0 unspecified atom stereocenters. The van der Waals surface area contributed by atoms with Gasteiger partial charge in [0, 0.05) is 24.4 Å². The molecule has 0 bridgehead atoms. The zero-order valence-corrected chi connectivity index (χ0v) is 13.1. The first-order valence-electron chi connectivity index (χ1n) is 7.81. The minimum absolute atomic E-state index is 0.106. The van der Waals surface area contributed by atoms with Crippen molar-refractivity contribution in [1.29, 1.82) is 0 Å². The van der Waals surface area contributed by atoms with Crippen molar-refractivity contribution >= 4 is 5.97 Å². The number of piperidine rings is 1. The number of aromatic carboxylic acids is 1. The standard InChI is InChI=1S/C17H20N4O2/c1-12-9-18-11-19-16(12)13-5-7-21(8-6-13)10-14-3-2-4-15(20-14)17(22)23/h2-4,9,11,13H,5-8,10H2,1H3,(H,22,23). The van der Waals surface area contributed by atoms with Crippen LogP contribution in [0.15, 0.2) is 30.7 Å². The summed E-state index contributed by atoms with van der Waals surface area (Å²) in [5.74, 6) is -0.502. The molecule has 3 rings (SSSR count). The third kappa shape index (κ3) is 3.71. The van der Waals surface area contributed by atoms with Crippen molar-refractivity contribution in [3.8, 4) is 0 Å². The molecule has 0 aromatic carbocycles. The van der Waals surface area contributed by atoms with E-state index in [4.69, 9.17) is 5.11 Å². The summed E-state index contributed by atoms with van der Waals surface area (Å²) in [7, 11) is 0. The van der Waals surface area contributed by atoms with E-state index in [0.29, 0.717) is 12.5 Å². The molecule has 0 spiro atoms. The van der Waals surface area contributed by atoms with Gasteiger partial charge < -0.3 is 5.11 Å². The molecule has 1 aliphatic rings. The van der Waals surface area contributed by atoms with Gasteiger partial charge in [0.05, 0.1) is 5.69 Å². The van der Waals surface area contributed by atoms with E-state index in [9.17, 15) is 4.79 Å². The molecule has 0 atom stereocenters. The van der Waals surface area contributed by atoms with Crippen LogP contribution in [0.2, 0.25) is 0 Å². The van der Waals surface area contributed by atoms with Crippen LogP contribution in [0, 0.1) is 6.92 Å². The van der Waals surface area contributed by atoms with Crippen molar-refractivity contribution in [2.24, 2.45) is 0 Å². The second kappa shape index (κ2) is 6.83. The molecule has 1 fully saturated rings. The predicted octanol–water partition coefficient (Wildman–Crippen LogP) is 2.26. The number of aromatic nitrogens is 3. The van der Waals surface area contributed by atoms with Gasteiger partial charge in [0.2, 0.25) is 0 Å². The van der Waals surface area contributed by atoms with Gasteiger partial charge in [-0.1, -0.05) is 6.07 Å². The third-order valence-corrected chi connectivity index (χ3v) is 4.32. The summed E-state index contributed by atoms with van der Waals surface area (Å²) < 4.78 is 0. The molecular weight excluding hydrogens is 292 g/mol. The Morgan fingerprint density at radius 3 is 2.83 bits per heavy atom. The fourth-order valence-corrected chi connectivity index (χ4v) is 3.12. The average molecular weight is 312 g/mol. The summed E-state index contributed by atoms with van der Waals surface area (Å²) in [5, 5.41) is 9.01. The molecule has 1 saturated heterocycles. The van der Waals surface area contributed by atoms with Gasteiger partial charge in [-0.25, -0.2) is 19.7 Å². The van der Waals surface area contributed by atoms with Crippen LogP contribution in [0.5, 0.6) is 0 Å². The Kier molecular flexibility index (Phi) is 4.62. The van der Waals surface area contributed by atoms with E-state index < -0.39 is 5.97 Å². The first-order valence-corrected chi connectivity index (χ1v) is 7.81. The number of carboxylic acid groups (broad SMARTS) is 1. The van der Waals surface area contributed by atoms with Gasteiger partial charge in [0.25, 0.3) is 0 Å². The quantitative estimate of drug-likeness (QED) is 0.933. The topological polar surface area (TPSA) is 79.2 Å². The number of rotatable bonds is 4. The molecule has 2 aromatic rings. The second-order valence-electron chi connectivity index (χ2n) is 5.96. The third-order valence-electron chi connectivity index (χ3n) is 4.32. The lowest BCUT2D eigenvalue weighted by molar-refractivity contribution is 0.0689. The first kappa shape index (κ1) is 15.6. The highest BCUT2D eigenvalue weighted by Gasteiger charge is 2.23. The van der Waals surface area contributed by atoms with E-state index in [0.717, 1.165) is 42.9 Å². The smallest absolute Gasteiger partial charge is 0.354 e. The van der Waals surface area contributed by atoms with Crippen molar-refractivity contribution in [3.05, 3.63) is 53.4 Å². The lowest BCUT2D eigenvalue weighted by Crippen LogP contribution is -2.33. The maximum Gasteiger partial charge on any atom is 0.354 e. The lowest BCUT2D eigenvalue weighted by Gasteiger charge is -2.31. The highest BCUT2D eigenvalue weighted by atomic mass is 16.4. The molecule has 0 aliphatic carbocycles. The van der Waals surface area contributed by atoms with Crippen molar-refractivity contribution in [2.45, 2.75) is 32.2 Å². The number of nitrogens with zero attached hydrogens (tertiary/aromatic N) is 4. The predicted molar refractivity (Wildman–Crippen MR) is 85.2 cm³/mol. The summed E-state index contributed by atoms with van der Waals surface area (Å²) in [6.07, 6.45) is 5.60. The molecule has 1 aliphatic heterocycles. The van der Waals surface area contributed by atoms with Crippen LogP contribution in [-0.2, 0) is 6.54 Å². The Morgan fingerprint density at radius 1 is 1.35 bits per heavy atom. The van der Waals surface area contributed by atoms with Crippen molar-refractivity contribution in [2.75, 3.05) is 13.1 Å². The Bertz CT molecular complexity index is 696. The van der Waals surface area contributed by atoms with Crippen molar-refractivity contribution in [1.82, 2.24) is 19.9 Å². The van der Waals surface area contributed by atoms with Gasteiger partial charge in [0.15, 0.2) is 0 Å². The Morgan fingerprint density at radius 2 is 2.13 bits per heavy atom. The zero-order valence-electron chi connectivity index (χ0n) is 13.1. The van der Waals surface area contributed by atoms with Crippen molar-refractivity contribution < 1.29 is 9.90 Å². The number of aryl methyl sites for hydroxylation is 1. The van der Waals surface area contributed by atoms with Crippen molar-refractivity contribution in [3.63, 3.8) is 0 Å². The van der Waals surface area contributed by atoms with E-state index in [2.05, 4.69) is 26.8 Å². The molecule has 0 radical (unpaired) electrons. The normalized spacial score (nSPS) is 16.4. The molecule has 0 amide bonds. The Hall–Kier alpha value is -2.34. The number of likely N-dealkylation sites (tertiary alicyclic amines) is 1. The van der Waals surface area contributed by atoms with Gasteiger partial charge in [-0.2, -0.15) is 0 Å². The number of hydrogen-bond acceptors (Lipinski definition) is 5.